The van der Waals surface area contributed by atoms with Crippen molar-refractivity contribution >= 4 is 28.3 Å². The molecule has 0 atom stereocenters. The average Bonchev–Trinajstić information content (AvgIpc) is 2.49. The van der Waals surface area contributed by atoms with E-state index in [4.69, 9.17) is 11.6 Å². The van der Waals surface area contributed by atoms with Crippen LogP contribution in [0.15, 0.2) is 54.7 Å². The molecule has 2 nitrogen and oxygen atoms in total. The maximum absolute atomic E-state index is 13.4. The highest BCUT2D eigenvalue weighted by molar-refractivity contribution is 6.35. The Morgan fingerprint density at radius 3 is 2.80 bits per heavy atom. The van der Waals surface area contributed by atoms with Gasteiger partial charge in [0.25, 0.3) is 0 Å². The highest BCUT2D eigenvalue weighted by Crippen LogP contribution is 2.23. The highest BCUT2D eigenvalue weighted by Gasteiger charge is 2.15. The van der Waals surface area contributed by atoms with E-state index in [0.717, 1.165) is 5.39 Å². The largest absolute Gasteiger partial charge is 0.289 e. The van der Waals surface area contributed by atoms with E-state index in [2.05, 4.69) is 4.98 Å². The second-order valence-corrected chi connectivity index (χ2v) is 4.72. The van der Waals surface area contributed by atoms with Crippen molar-refractivity contribution in [3.8, 4) is 0 Å². The predicted molar refractivity (Wildman–Crippen MR) is 76.6 cm³/mol. The molecule has 0 aliphatic heterocycles. The first-order valence-electron chi connectivity index (χ1n) is 6.00. The average molecular weight is 286 g/mol. The highest BCUT2D eigenvalue weighted by atomic mass is 35.5. The minimum Gasteiger partial charge on any atom is -0.289 e. The molecule has 1 aromatic heterocycles. The zero-order valence-corrected chi connectivity index (χ0v) is 11.1. The Morgan fingerprint density at radius 2 is 1.95 bits per heavy atom. The molecule has 0 radical (unpaired) electrons. The van der Waals surface area contributed by atoms with Gasteiger partial charge >= 0.3 is 0 Å². The van der Waals surface area contributed by atoms with Crippen molar-refractivity contribution in [3.05, 3.63) is 76.7 Å². The number of benzene rings is 2. The number of rotatable bonds is 2. The van der Waals surface area contributed by atoms with Crippen molar-refractivity contribution in [1.29, 1.82) is 0 Å². The molecule has 0 aliphatic carbocycles. The number of fused-ring (bicyclic) bond motifs is 1. The molecule has 0 bridgehead atoms. The first kappa shape index (κ1) is 12.8. The molecule has 0 saturated heterocycles. The molecule has 0 unspecified atom stereocenters. The van der Waals surface area contributed by atoms with Gasteiger partial charge in [-0.2, -0.15) is 0 Å². The normalized spacial score (nSPS) is 10.7. The van der Waals surface area contributed by atoms with E-state index in [1.807, 2.05) is 18.2 Å². The number of ketones is 1. The summed E-state index contributed by atoms with van der Waals surface area (Å²) in [7, 11) is 0. The van der Waals surface area contributed by atoms with Crippen molar-refractivity contribution in [2.24, 2.45) is 0 Å². The number of pyridine rings is 1. The van der Waals surface area contributed by atoms with Crippen LogP contribution in [0.4, 0.5) is 4.39 Å². The molecular weight excluding hydrogens is 277 g/mol. The minimum atomic E-state index is -0.601. The molecule has 0 aliphatic rings. The van der Waals surface area contributed by atoms with Crippen LogP contribution in [0.5, 0.6) is 0 Å². The Hall–Kier alpha value is -2.26. The summed E-state index contributed by atoms with van der Waals surface area (Å²) in [5.74, 6) is -0.918. The second kappa shape index (κ2) is 5.02. The van der Waals surface area contributed by atoms with Gasteiger partial charge in [0, 0.05) is 22.7 Å². The summed E-state index contributed by atoms with van der Waals surface area (Å²) in [6.45, 7) is 0. The van der Waals surface area contributed by atoms with Crippen molar-refractivity contribution < 1.29 is 9.18 Å². The van der Waals surface area contributed by atoms with Gasteiger partial charge in [-0.15, -0.1) is 0 Å². The van der Waals surface area contributed by atoms with Crippen molar-refractivity contribution in [2.75, 3.05) is 0 Å². The fraction of sp³-hybridized carbons (Fsp3) is 0. The molecule has 0 spiro atoms. The molecule has 98 valence electrons. The van der Waals surface area contributed by atoms with Crippen molar-refractivity contribution in [2.45, 2.75) is 0 Å². The topological polar surface area (TPSA) is 30.0 Å². The quantitative estimate of drug-likeness (QED) is 0.659. The Labute approximate surface area is 119 Å². The number of nitrogens with zero attached hydrogens (tertiary/aromatic N) is 1. The zero-order chi connectivity index (χ0) is 14.1. The van der Waals surface area contributed by atoms with E-state index in [1.165, 1.54) is 18.2 Å². The standard InChI is InChI=1S/C16H9ClFNO/c17-15-12(4-1-5-13(15)18)16(20)11-7-6-10-3-2-8-19-14(10)9-11/h1-9H. The molecular formula is C16H9ClFNO. The van der Waals surface area contributed by atoms with Gasteiger partial charge < -0.3 is 0 Å². The molecule has 4 heteroatoms. The molecule has 3 rings (SSSR count). The number of carbonyl (C=O) groups excluding carboxylic acids is 1. The summed E-state index contributed by atoms with van der Waals surface area (Å²) in [6, 6.07) is 13.1. The van der Waals surface area contributed by atoms with Gasteiger partial charge in [0.1, 0.15) is 5.82 Å². The van der Waals surface area contributed by atoms with Crippen LogP contribution in [0.3, 0.4) is 0 Å². The van der Waals surface area contributed by atoms with E-state index < -0.39 is 5.82 Å². The number of carbonyl (C=O) groups is 1. The van der Waals surface area contributed by atoms with Crippen LogP contribution in [0.25, 0.3) is 10.9 Å². The molecule has 2 aromatic carbocycles. The third-order valence-electron chi connectivity index (χ3n) is 3.06. The van der Waals surface area contributed by atoms with Gasteiger partial charge in [-0.3, -0.25) is 9.78 Å². The maximum Gasteiger partial charge on any atom is 0.194 e. The second-order valence-electron chi connectivity index (χ2n) is 4.34. The van der Waals surface area contributed by atoms with E-state index in [-0.39, 0.29) is 16.4 Å². The zero-order valence-electron chi connectivity index (χ0n) is 10.3. The lowest BCUT2D eigenvalue weighted by molar-refractivity contribution is 0.103. The number of hydrogen-bond donors (Lipinski definition) is 0. The Bertz CT molecular complexity index is 816. The SMILES string of the molecule is O=C(c1ccc2cccnc2c1)c1cccc(F)c1Cl. The molecule has 1 heterocycles. The fourth-order valence-corrected chi connectivity index (χ4v) is 2.25. The van der Waals surface area contributed by atoms with Gasteiger partial charge in [0.15, 0.2) is 5.78 Å². The van der Waals surface area contributed by atoms with E-state index in [0.29, 0.717) is 11.1 Å². The number of hydrogen-bond acceptors (Lipinski definition) is 2. The predicted octanol–water partition coefficient (Wildman–Crippen LogP) is 4.26. The lowest BCUT2D eigenvalue weighted by atomic mass is 10.0. The summed E-state index contributed by atoms with van der Waals surface area (Å²) in [5, 5.41) is 0.785. The van der Waals surface area contributed by atoms with Crippen molar-refractivity contribution in [3.63, 3.8) is 0 Å². The molecule has 0 amide bonds. The van der Waals surface area contributed by atoms with Crippen molar-refractivity contribution in [1.82, 2.24) is 4.98 Å². The Morgan fingerprint density at radius 1 is 1.10 bits per heavy atom. The fourth-order valence-electron chi connectivity index (χ4n) is 2.04. The number of aromatic nitrogens is 1. The number of halogens is 2. The van der Waals surface area contributed by atoms with Crippen LogP contribution in [0.1, 0.15) is 15.9 Å². The molecule has 0 saturated carbocycles. The van der Waals surface area contributed by atoms with Crippen LogP contribution in [0.2, 0.25) is 5.02 Å². The van der Waals surface area contributed by atoms with Gasteiger partial charge in [-0.25, -0.2) is 4.39 Å². The molecule has 0 fully saturated rings. The molecule has 0 N–H and O–H groups in total. The molecule has 3 aromatic rings. The smallest absolute Gasteiger partial charge is 0.194 e. The summed E-state index contributed by atoms with van der Waals surface area (Å²) < 4.78 is 13.4. The maximum atomic E-state index is 13.4. The monoisotopic (exact) mass is 285 g/mol. The van der Waals surface area contributed by atoms with E-state index in [1.54, 1.807) is 18.3 Å². The summed E-state index contributed by atoms with van der Waals surface area (Å²) in [5.41, 5.74) is 1.30. The van der Waals surface area contributed by atoms with Crippen LogP contribution >= 0.6 is 11.6 Å². The van der Waals surface area contributed by atoms with Gasteiger partial charge in [0.2, 0.25) is 0 Å². The minimum absolute atomic E-state index is 0.154. The van der Waals surface area contributed by atoms with Crippen LogP contribution in [-0.2, 0) is 0 Å². The van der Waals surface area contributed by atoms with Gasteiger partial charge in [0.05, 0.1) is 10.5 Å². The Kier molecular flexibility index (Phi) is 3.20. The summed E-state index contributed by atoms with van der Waals surface area (Å²) >= 11 is 5.84. The first-order valence-corrected chi connectivity index (χ1v) is 6.38. The van der Waals surface area contributed by atoms with Gasteiger partial charge in [-0.05, 0) is 24.3 Å². The van der Waals surface area contributed by atoms with E-state index >= 15 is 0 Å². The summed E-state index contributed by atoms with van der Waals surface area (Å²) in [6.07, 6.45) is 1.66. The third-order valence-corrected chi connectivity index (χ3v) is 3.45. The third kappa shape index (κ3) is 2.17. The lowest BCUT2D eigenvalue weighted by Crippen LogP contribution is -2.03. The van der Waals surface area contributed by atoms with Crippen LogP contribution < -0.4 is 0 Å². The first-order chi connectivity index (χ1) is 9.66. The van der Waals surface area contributed by atoms with Gasteiger partial charge in [-0.1, -0.05) is 35.9 Å². The van der Waals surface area contributed by atoms with Crippen LogP contribution in [0, 0.1) is 5.82 Å². The molecule has 20 heavy (non-hydrogen) atoms. The van der Waals surface area contributed by atoms with E-state index in [9.17, 15) is 9.18 Å². The Balaban J connectivity index is 2.10. The van der Waals surface area contributed by atoms with Crippen LogP contribution in [-0.4, -0.2) is 10.8 Å². The summed E-state index contributed by atoms with van der Waals surface area (Å²) in [4.78, 5) is 16.6. The lowest BCUT2D eigenvalue weighted by Gasteiger charge is -2.05.